The molecule has 38 heavy (non-hydrogen) atoms. The predicted molar refractivity (Wildman–Crippen MR) is 145 cm³/mol. The number of piperazine rings is 1. The van der Waals surface area contributed by atoms with Crippen LogP contribution in [-0.2, 0) is 20.9 Å². The highest BCUT2D eigenvalue weighted by Crippen LogP contribution is 2.42. The van der Waals surface area contributed by atoms with Crippen LogP contribution in [0.2, 0.25) is 5.02 Å². The van der Waals surface area contributed by atoms with Gasteiger partial charge in [-0.1, -0.05) is 54.8 Å². The quantitative estimate of drug-likeness (QED) is 0.402. The molecule has 8 heteroatoms. The Labute approximate surface area is 229 Å². The van der Waals surface area contributed by atoms with Gasteiger partial charge in [-0.25, -0.2) is 4.79 Å². The summed E-state index contributed by atoms with van der Waals surface area (Å²) < 4.78 is 5.43. The van der Waals surface area contributed by atoms with E-state index >= 15 is 0 Å². The van der Waals surface area contributed by atoms with Crippen LogP contribution >= 0.6 is 11.6 Å². The SMILES string of the molecule is CCOC(=O)C1=C(N2CCN(C(=O)c3ccc(Cl)cc3)CC2)C2CCCCC2N(Cc2ccccc2)C1=O. The van der Waals surface area contributed by atoms with Crippen LogP contribution in [-0.4, -0.2) is 71.3 Å². The number of halogens is 1. The number of ether oxygens (including phenoxy) is 1. The first kappa shape index (κ1) is 26.3. The molecule has 2 amide bonds. The molecule has 2 aromatic rings. The van der Waals surface area contributed by atoms with Crippen molar-refractivity contribution >= 4 is 29.4 Å². The molecule has 2 atom stereocenters. The van der Waals surface area contributed by atoms with Crippen LogP contribution in [0.15, 0.2) is 65.9 Å². The third kappa shape index (κ3) is 5.30. The highest BCUT2D eigenvalue weighted by Gasteiger charge is 2.47. The summed E-state index contributed by atoms with van der Waals surface area (Å²) in [6, 6.07) is 16.9. The molecule has 1 saturated carbocycles. The van der Waals surface area contributed by atoms with Crippen molar-refractivity contribution in [1.82, 2.24) is 14.7 Å². The van der Waals surface area contributed by atoms with Crippen molar-refractivity contribution < 1.29 is 19.1 Å². The summed E-state index contributed by atoms with van der Waals surface area (Å²) in [5, 5.41) is 0.593. The molecule has 0 bridgehead atoms. The maximum Gasteiger partial charge on any atom is 0.345 e. The Morgan fingerprint density at radius 1 is 0.947 bits per heavy atom. The number of hydrogen-bond acceptors (Lipinski definition) is 5. The summed E-state index contributed by atoms with van der Waals surface area (Å²) >= 11 is 5.99. The van der Waals surface area contributed by atoms with Gasteiger partial charge in [0.2, 0.25) is 0 Å². The van der Waals surface area contributed by atoms with Crippen molar-refractivity contribution in [3.63, 3.8) is 0 Å². The number of carbonyl (C=O) groups excluding carboxylic acids is 3. The molecule has 0 aromatic heterocycles. The normalized spacial score (nSPS) is 21.8. The van der Waals surface area contributed by atoms with E-state index in [1.807, 2.05) is 40.1 Å². The monoisotopic (exact) mass is 535 g/mol. The molecule has 200 valence electrons. The molecule has 2 unspecified atom stereocenters. The Bertz CT molecular complexity index is 1210. The standard InChI is InChI=1S/C30H34ClN3O4/c1-2-38-30(37)26-27(32-16-18-33(19-17-32)28(35)22-12-14-23(31)15-13-22)24-10-6-7-11-25(24)34(29(26)36)20-21-8-4-3-5-9-21/h3-5,8-9,12-15,24-25H,2,6-7,10-11,16-20H2,1H3. The number of benzene rings is 2. The fourth-order valence-electron chi connectivity index (χ4n) is 6.07. The van der Waals surface area contributed by atoms with Crippen LogP contribution in [0.4, 0.5) is 0 Å². The van der Waals surface area contributed by atoms with Gasteiger partial charge < -0.3 is 19.4 Å². The maximum atomic E-state index is 14.0. The Hall–Kier alpha value is -3.32. The molecule has 7 nitrogen and oxygen atoms in total. The van der Waals surface area contributed by atoms with Crippen molar-refractivity contribution in [2.45, 2.75) is 45.2 Å². The van der Waals surface area contributed by atoms with E-state index in [2.05, 4.69) is 4.90 Å². The van der Waals surface area contributed by atoms with Gasteiger partial charge in [0.1, 0.15) is 5.57 Å². The van der Waals surface area contributed by atoms with Gasteiger partial charge in [0.05, 0.1) is 6.61 Å². The molecule has 0 radical (unpaired) electrons. The van der Waals surface area contributed by atoms with Crippen molar-refractivity contribution in [1.29, 1.82) is 0 Å². The van der Waals surface area contributed by atoms with E-state index in [1.165, 1.54) is 0 Å². The highest BCUT2D eigenvalue weighted by atomic mass is 35.5. The van der Waals surface area contributed by atoms with Gasteiger partial charge in [0.15, 0.2) is 0 Å². The summed E-state index contributed by atoms with van der Waals surface area (Å²) in [6.45, 7) is 4.59. The van der Waals surface area contributed by atoms with Gasteiger partial charge in [0.25, 0.3) is 11.8 Å². The zero-order valence-corrected chi connectivity index (χ0v) is 22.5. The summed E-state index contributed by atoms with van der Waals surface area (Å²) in [6.07, 6.45) is 3.96. The zero-order valence-electron chi connectivity index (χ0n) is 21.8. The molecule has 5 rings (SSSR count). The lowest BCUT2D eigenvalue weighted by atomic mass is 9.76. The van der Waals surface area contributed by atoms with E-state index in [4.69, 9.17) is 16.3 Å². The number of esters is 1. The first-order chi connectivity index (χ1) is 18.5. The number of amides is 2. The van der Waals surface area contributed by atoms with Crippen LogP contribution in [0, 0.1) is 5.92 Å². The third-order valence-electron chi connectivity index (χ3n) is 7.89. The van der Waals surface area contributed by atoms with Crippen LogP contribution in [0.1, 0.15) is 48.5 Å². The van der Waals surface area contributed by atoms with Crippen molar-refractivity contribution in [3.05, 3.63) is 82.0 Å². The van der Waals surface area contributed by atoms with E-state index in [-0.39, 0.29) is 36.0 Å². The molecule has 0 N–H and O–H groups in total. The summed E-state index contributed by atoms with van der Waals surface area (Å²) in [5.74, 6) is -0.757. The molecule has 2 aromatic carbocycles. The van der Waals surface area contributed by atoms with E-state index < -0.39 is 5.97 Å². The number of fused-ring (bicyclic) bond motifs is 1. The van der Waals surface area contributed by atoms with E-state index in [0.29, 0.717) is 43.3 Å². The van der Waals surface area contributed by atoms with Crippen LogP contribution in [0.25, 0.3) is 0 Å². The average molecular weight is 536 g/mol. The van der Waals surface area contributed by atoms with E-state index in [9.17, 15) is 14.4 Å². The topological polar surface area (TPSA) is 70.2 Å². The van der Waals surface area contributed by atoms with Gasteiger partial charge in [-0.15, -0.1) is 0 Å². The molecule has 1 saturated heterocycles. The minimum absolute atomic E-state index is 0.0368. The van der Waals surface area contributed by atoms with Crippen LogP contribution in [0.5, 0.6) is 0 Å². The number of carbonyl (C=O) groups is 3. The largest absolute Gasteiger partial charge is 0.462 e. The number of rotatable bonds is 6. The fourth-order valence-corrected chi connectivity index (χ4v) is 6.20. The minimum atomic E-state index is -0.547. The summed E-state index contributed by atoms with van der Waals surface area (Å²) in [4.78, 5) is 46.3. The first-order valence-electron chi connectivity index (χ1n) is 13.5. The van der Waals surface area contributed by atoms with Crippen molar-refractivity contribution in [3.8, 4) is 0 Å². The Morgan fingerprint density at radius 2 is 1.63 bits per heavy atom. The molecule has 1 aliphatic carbocycles. The number of hydrogen-bond donors (Lipinski definition) is 0. The summed E-state index contributed by atoms with van der Waals surface area (Å²) in [7, 11) is 0. The molecule has 2 fully saturated rings. The van der Waals surface area contributed by atoms with Crippen molar-refractivity contribution in [2.75, 3.05) is 32.8 Å². The Kier molecular flexibility index (Phi) is 8.03. The first-order valence-corrected chi connectivity index (χ1v) is 13.9. The zero-order chi connectivity index (χ0) is 26.6. The Balaban J connectivity index is 1.43. The number of nitrogens with zero attached hydrogens (tertiary/aromatic N) is 3. The van der Waals surface area contributed by atoms with Crippen LogP contribution in [0.3, 0.4) is 0 Å². The van der Waals surface area contributed by atoms with Crippen LogP contribution < -0.4 is 0 Å². The molecule has 2 heterocycles. The molecule has 2 aliphatic heterocycles. The molecule has 3 aliphatic rings. The molecular weight excluding hydrogens is 502 g/mol. The maximum absolute atomic E-state index is 14.0. The van der Waals surface area contributed by atoms with E-state index in [0.717, 1.165) is 36.9 Å². The van der Waals surface area contributed by atoms with Gasteiger partial charge in [-0.05, 0) is 49.6 Å². The third-order valence-corrected chi connectivity index (χ3v) is 8.14. The lowest BCUT2D eigenvalue weighted by molar-refractivity contribution is -0.145. The molecule has 0 spiro atoms. The second kappa shape index (κ2) is 11.6. The second-order valence-electron chi connectivity index (χ2n) is 10.1. The molecular formula is C30H34ClN3O4. The van der Waals surface area contributed by atoms with Gasteiger partial charge in [0, 0.05) is 61.0 Å². The Morgan fingerprint density at radius 3 is 2.32 bits per heavy atom. The van der Waals surface area contributed by atoms with E-state index in [1.54, 1.807) is 31.2 Å². The predicted octanol–water partition coefficient (Wildman–Crippen LogP) is 4.52. The lowest BCUT2D eigenvalue weighted by Gasteiger charge is -2.49. The minimum Gasteiger partial charge on any atom is -0.462 e. The van der Waals surface area contributed by atoms with Crippen molar-refractivity contribution in [2.24, 2.45) is 5.92 Å². The van der Waals surface area contributed by atoms with Gasteiger partial charge in [-0.3, -0.25) is 9.59 Å². The highest BCUT2D eigenvalue weighted by molar-refractivity contribution is 6.30. The average Bonchev–Trinajstić information content (AvgIpc) is 2.95. The lowest BCUT2D eigenvalue weighted by Crippen LogP contribution is -2.57. The van der Waals surface area contributed by atoms with Gasteiger partial charge in [-0.2, -0.15) is 0 Å². The summed E-state index contributed by atoms with van der Waals surface area (Å²) in [5.41, 5.74) is 2.64. The second-order valence-corrected chi connectivity index (χ2v) is 10.6. The van der Waals surface area contributed by atoms with Gasteiger partial charge >= 0.3 is 5.97 Å². The smallest absolute Gasteiger partial charge is 0.345 e. The fraction of sp³-hybridized carbons (Fsp3) is 0.433.